The van der Waals surface area contributed by atoms with Crippen molar-refractivity contribution >= 4 is 17.3 Å². The molecular formula is C26H25F3N2O. The van der Waals surface area contributed by atoms with Gasteiger partial charge in [0.15, 0.2) is 0 Å². The van der Waals surface area contributed by atoms with E-state index in [-0.39, 0.29) is 5.56 Å². The molecule has 1 aliphatic rings. The number of fused-ring (bicyclic) bond motifs is 2. The summed E-state index contributed by atoms with van der Waals surface area (Å²) in [5.41, 5.74) is 4.16. The second-order valence-corrected chi connectivity index (χ2v) is 8.07. The van der Waals surface area contributed by atoms with E-state index in [2.05, 4.69) is 41.3 Å². The summed E-state index contributed by atoms with van der Waals surface area (Å²) in [6.07, 6.45) is -1.85. The third kappa shape index (κ3) is 4.64. The average molecular weight is 438 g/mol. The maximum Gasteiger partial charge on any atom is 0.416 e. The molecule has 0 radical (unpaired) electrons. The maximum atomic E-state index is 13.0. The smallest absolute Gasteiger partial charge is 0.342 e. The molecule has 32 heavy (non-hydrogen) atoms. The van der Waals surface area contributed by atoms with Crippen molar-refractivity contribution in [3.05, 3.63) is 95.1 Å². The van der Waals surface area contributed by atoms with Crippen molar-refractivity contribution in [2.75, 3.05) is 25.0 Å². The largest absolute Gasteiger partial charge is 0.416 e. The number of anilines is 2. The molecule has 1 amide bonds. The van der Waals surface area contributed by atoms with Gasteiger partial charge in [-0.05, 0) is 60.7 Å². The van der Waals surface area contributed by atoms with Crippen LogP contribution in [0.3, 0.4) is 0 Å². The van der Waals surface area contributed by atoms with Crippen molar-refractivity contribution < 1.29 is 18.0 Å². The van der Waals surface area contributed by atoms with Gasteiger partial charge in [-0.1, -0.05) is 42.5 Å². The van der Waals surface area contributed by atoms with Crippen LogP contribution in [0.1, 0.15) is 33.5 Å². The Labute approximate surface area is 186 Å². The van der Waals surface area contributed by atoms with Gasteiger partial charge in [-0.2, -0.15) is 13.2 Å². The van der Waals surface area contributed by atoms with Gasteiger partial charge in [0.25, 0.3) is 5.91 Å². The monoisotopic (exact) mass is 438 g/mol. The van der Waals surface area contributed by atoms with E-state index in [1.165, 1.54) is 39.5 Å². The van der Waals surface area contributed by atoms with Gasteiger partial charge in [0.1, 0.15) is 0 Å². The van der Waals surface area contributed by atoms with E-state index in [0.29, 0.717) is 19.5 Å². The number of benzene rings is 3. The third-order valence-electron chi connectivity index (χ3n) is 5.89. The molecule has 6 heteroatoms. The molecule has 0 atom stereocenters. The predicted molar refractivity (Wildman–Crippen MR) is 120 cm³/mol. The van der Waals surface area contributed by atoms with Crippen LogP contribution in [0.4, 0.5) is 24.5 Å². The Bertz CT molecular complexity index is 1060. The van der Waals surface area contributed by atoms with Gasteiger partial charge >= 0.3 is 6.18 Å². The van der Waals surface area contributed by atoms with Gasteiger partial charge in [-0.3, -0.25) is 4.79 Å². The maximum absolute atomic E-state index is 13.0. The average Bonchev–Trinajstić information content (AvgIpc) is 2.95. The van der Waals surface area contributed by atoms with Crippen LogP contribution in [0.5, 0.6) is 0 Å². The van der Waals surface area contributed by atoms with E-state index in [0.717, 1.165) is 25.0 Å². The van der Waals surface area contributed by atoms with Crippen molar-refractivity contribution in [1.82, 2.24) is 4.90 Å². The van der Waals surface area contributed by atoms with E-state index >= 15 is 0 Å². The molecule has 3 aromatic carbocycles. The molecule has 0 N–H and O–H groups in total. The summed E-state index contributed by atoms with van der Waals surface area (Å²) in [6.45, 7) is 1.14. The number of hydrogen-bond acceptors (Lipinski definition) is 2. The summed E-state index contributed by atoms with van der Waals surface area (Å²) in [4.78, 5) is 16.5. The normalized spacial score (nSPS) is 13.2. The first-order valence-electron chi connectivity index (χ1n) is 10.7. The fourth-order valence-corrected chi connectivity index (χ4v) is 4.23. The van der Waals surface area contributed by atoms with E-state index in [1.807, 2.05) is 12.1 Å². The summed E-state index contributed by atoms with van der Waals surface area (Å²) in [6, 6.07) is 21.3. The number of carbonyl (C=O) groups is 1. The first kappa shape index (κ1) is 21.9. The minimum absolute atomic E-state index is 0.0489. The van der Waals surface area contributed by atoms with Crippen molar-refractivity contribution in [3.63, 3.8) is 0 Å². The lowest BCUT2D eigenvalue weighted by Crippen LogP contribution is -2.30. The van der Waals surface area contributed by atoms with Crippen LogP contribution in [0.15, 0.2) is 72.8 Å². The summed E-state index contributed by atoms with van der Waals surface area (Å²) >= 11 is 0. The van der Waals surface area contributed by atoms with E-state index < -0.39 is 17.6 Å². The van der Waals surface area contributed by atoms with Crippen LogP contribution in [0.2, 0.25) is 0 Å². The van der Waals surface area contributed by atoms with Crippen molar-refractivity contribution in [1.29, 1.82) is 0 Å². The SMILES string of the molecule is CN(CCCN1c2ccccc2CCc2ccccc21)C(=O)c1cccc(C(F)(F)F)c1. The second-order valence-electron chi connectivity index (χ2n) is 8.07. The summed E-state index contributed by atoms with van der Waals surface area (Å²) in [5, 5.41) is 0. The molecule has 0 aromatic heterocycles. The van der Waals surface area contributed by atoms with Gasteiger partial charge in [0.05, 0.1) is 5.56 Å². The van der Waals surface area contributed by atoms with Crippen molar-refractivity contribution in [2.45, 2.75) is 25.4 Å². The Morgan fingerprint density at radius 2 is 1.50 bits per heavy atom. The molecule has 0 saturated carbocycles. The number of rotatable bonds is 5. The van der Waals surface area contributed by atoms with Gasteiger partial charge in [0, 0.05) is 37.1 Å². The topological polar surface area (TPSA) is 23.6 Å². The van der Waals surface area contributed by atoms with Crippen LogP contribution in [-0.2, 0) is 19.0 Å². The molecule has 3 nitrogen and oxygen atoms in total. The Balaban J connectivity index is 1.47. The van der Waals surface area contributed by atoms with Gasteiger partial charge in [0.2, 0.25) is 0 Å². The fourth-order valence-electron chi connectivity index (χ4n) is 4.23. The minimum atomic E-state index is -4.47. The summed E-state index contributed by atoms with van der Waals surface area (Å²) < 4.78 is 39.0. The Hall–Kier alpha value is -3.28. The van der Waals surface area contributed by atoms with E-state index in [1.54, 1.807) is 7.05 Å². The van der Waals surface area contributed by atoms with Crippen molar-refractivity contribution in [3.8, 4) is 0 Å². The second kappa shape index (κ2) is 9.07. The molecule has 3 aromatic rings. The van der Waals surface area contributed by atoms with Crippen LogP contribution in [0, 0.1) is 0 Å². The number of alkyl halides is 3. The van der Waals surface area contributed by atoms with Gasteiger partial charge < -0.3 is 9.80 Å². The van der Waals surface area contributed by atoms with Crippen LogP contribution < -0.4 is 4.90 Å². The van der Waals surface area contributed by atoms with E-state index in [9.17, 15) is 18.0 Å². The van der Waals surface area contributed by atoms with E-state index in [4.69, 9.17) is 0 Å². The zero-order chi connectivity index (χ0) is 22.7. The predicted octanol–water partition coefficient (Wildman–Crippen LogP) is 6.10. The molecular weight excluding hydrogens is 413 g/mol. The number of para-hydroxylation sites is 2. The molecule has 0 aliphatic carbocycles. The highest BCUT2D eigenvalue weighted by Crippen LogP contribution is 2.36. The summed E-state index contributed by atoms with van der Waals surface area (Å²) in [7, 11) is 1.63. The van der Waals surface area contributed by atoms with Crippen molar-refractivity contribution in [2.24, 2.45) is 0 Å². The highest BCUT2D eigenvalue weighted by Gasteiger charge is 2.31. The standard InChI is InChI=1S/C26H25F3N2O/c1-30(25(32)21-10-6-11-22(18-21)26(27,28)29)16-7-17-31-23-12-4-2-8-19(23)14-15-20-9-3-5-13-24(20)31/h2-6,8-13,18H,7,14-17H2,1H3. The molecule has 166 valence electrons. The lowest BCUT2D eigenvalue weighted by molar-refractivity contribution is -0.137. The Morgan fingerprint density at radius 3 is 2.09 bits per heavy atom. The highest BCUT2D eigenvalue weighted by atomic mass is 19.4. The third-order valence-corrected chi connectivity index (χ3v) is 5.89. The number of amides is 1. The molecule has 4 rings (SSSR count). The Kier molecular flexibility index (Phi) is 6.21. The molecule has 0 saturated heterocycles. The quantitative estimate of drug-likeness (QED) is 0.480. The Morgan fingerprint density at radius 1 is 0.906 bits per heavy atom. The molecule has 0 bridgehead atoms. The number of carbonyl (C=O) groups excluding carboxylic acids is 1. The number of nitrogens with zero attached hydrogens (tertiary/aromatic N) is 2. The van der Waals surface area contributed by atoms with Crippen LogP contribution in [-0.4, -0.2) is 30.9 Å². The zero-order valence-corrected chi connectivity index (χ0v) is 17.9. The summed E-state index contributed by atoms with van der Waals surface area (Å²) in [5.74, 6) is -0.409. The number of aryl methyl sites for hydroxylation is 2. The zero-order valence-electron chi connectivity index (χ0n) is 17.9. The first-order valence-corrected chi connectivity index (χ1v) is 10.7. The minimum Gasteiger partial charge on any atom is -0.342 e. The fraction of sp³-hybridized carbons (Fsp3) is 0.269. The molecule has 0 unspecified atom stereocenters. The number of hydrogen-bond donors (Lipinski definition) is 0. The molecule has 1 heterocycles. The van der Waals surface area contributed by atoms with Gasteiger partial charge in [-0.15, -0.1) is 0 Å². The number of halogens is 3. The molecule has 0 spiro atoms. The lowest BCUT2D eigenvalue weighted by atomic mass is 10.0. The first-order chi connectivity index (χ1) is 15.3. The van der Waals surface area contributed by atoms with Crippen LogP contribution >= 0.6 is 0 Å². The molecule has 0 fully saturated rings. The highest BCUT2D eigenvalue weighted by molar-refractivity contribution is 5.94. The molecule has 1 aliphatic heterocycles. The van der Waals surface area contributed by atoms with Crippen LogP contribution in [0.25, 0.3) is 0 Å². The lowest BCUT2D eigenvalue weighted by Gasteiger charge is -2.28. The van der Waals surface area contributed by atoms with Gasteiger partial charge in [-0.25, -0.2) is 0 Å².